The van der Waals surface area contributed by atoms with Crippen LogP contribution in [-0.4, -0.2) is 71.3 Å². The Morgan fingerprint density at radius 1 is 0.947 bits per heavy atom. The number of rotatable bonds is 6. The number of carbonyl (C=O) groups excluding carboxylic acids is 1. The van der Waals surface area contributed by atoms with E-state index in [2.05, 4.69) is 42.8 Å². The molecule has 0 aromatic carbocycles. The third-order valence-electron chi connectivity index (χ3n) is 8.03. The van der Waals surface area contributed by atoms with Crippen LogP contribution >= 0.6 is 0 Å². The average molecular weight is 516 g/mol. The van der Waals surface area contributed by atoms with Gasteiger partial charge in [0.15, 0.2) is 0 Å². The van der Waals surface area contributed by atoms with Crippen LogP contribution in [0.25, 0.3) is 22.0 Å². The summed E-state index contributed by atoms with van der Waals surface area (Å²) in [6.45, 7) is 5.11. The molecule has 200 valence electrons. The third-order valence-corrected chi connectivity index (χ3v) is 8.03. The van der Waals surface area contributed by atoms with Crippen LogP contribution in [0.2, 0.25) is 0 Å². The predicted octanol–water partition coefficient (Wildman–Crippen LogP) is 4.02. The molecule has 3 fully saturated rings. The monoisotopic (exact) mass is 515 g/mol. The van der Waals surface area contributed by atoms with E-state index in [1.54, 1.807) is 0 Å². The van der Waals surface area contributed by atoms with Crippen molar-refractivity contribution < 1.29 is 9.53 Å². The first-order valence-corrected chi connectivity index (χ1v) is 14.1. The van der Waals surface area contributed by atoms with Crippen LogP contribution in [-0.2, 0) is 9.53 Å². The summed E-state index contributed by atoms with van der Waals surface area (Å²) >= 11 is 0. The highest BCUT2D eigenvalue weighted by molar-refractivity contribution is 5.94. The molecule has 1 amide bonds. The minimum Gasteiger partial charge on any atom is -0.381 e. The number of hydrogen-bond donors (Lipinski definition) is 2. The Balaban J connectivity index is 1.19. The summed E-state index contributed by atoms with van der Waals surface area (Å²) in [6.07, 6.45) is 12.8. The molecule has 38 heavy (non-hydrogen) atoms. The molecule has 0 aliphatic carbocycles. The van der Waals surface area contributed by atoms with Gasteiger partial charge in [0.2, 0.25) is 5.91 Å². The zero-order valence-electron chi connectivity index (χ0n) is 21.9. The number of amides is 1. The molecule has 0 bridgehead atoms. The lowest BCUT2D eigenvalue weighted by Crippen LogP contribution is -2.49. The number of anilines is 2. The van der Waals surface area contributed by atoms with E-state index >= 15 is 0 Å². The van der Waals surface area contributed by atoms with Gasteiger partial charge in [-0.1, -0.05) is 6.42 Å². The summed E-state index contributed by atoms with van der Waals surface area (Å²) < 4.78 is 5.49. The molecule has 9 heteroatoms. The summed E-state index contributed by atoms with van der Waals surface area (Å²) in [5.74, 6) is 2.04. The SMILES string of the molecule is O=C(NN1CCCCC1)C1CCN(c2nc(-c3ccnc(NC4CCOCC4)c3)cc3cnccc23)CC1. The van der Waals surface area contributed by atoms with Crippen LogP contribution in [0.15, 0.2) is 42.9 Å². The summed E-state index contributed by atoms with van der Waals surface area (Å²) in [4.78, 5) is 29.3. The fourth-order valence-electron chi connectivity index (χ4n) is 5.79. The first-order chi connectivity index (χ1) is 18.7. The molecule has 0 radical (unpaired) electrons. The van der Waals surface area contributed by atoms with Gasteiger partial charge in [-0.25, -0.2) is 15.0 Å². The fourth-order valence-corrected chi connectivity index (χ4v) is 5.79. The van der Waals surface area contributed by atoms with Gasteiger partial charge >= 0.3 is 0 Å². The zero-order chi connectivity index (χ0) is 25.7. The number of ether oxygens (including phenoxy) is 1. The first kappa shape index (κ1) is 25.0. The molecule has 3 saturated heterocycles. The van der Waals surface area contributed by atoms with Gasteiger partial charge in [-0.05, 0) is 62.8 Å². The molecule has 9 nitrogen and oxygen atoms in total. The van der Waals surface area contributed by atoms with Crippen molar-refractivity contribution in [3.05, 3.63) is 42.9 Å². The number of pyridine rings is 3. The lowest BCUT2D eigenvalue weighted by atomic mass is 9.95. The van der Waals surface area contributed by atoms with Crippen molar-refractivity contribution in [2.24, 2.45) is 5.92 Å². The van der Waals surface area contributed by atoms with E-state index in [0.717, 1.165) is 112 Å². The molecule has 3 aliphatic rings. The summed E-state index contributed by atoms with van der Waals surface area (Å²) in [6, 6.07) is 8.63. The lowest BCUT2D eigenvalue weighted by Gasteiger charge is -2.34. The number of hydrogen-bond acceptors (Lipinski definition) is 8. The number of piperidine rings is 2. The highest BCUT2D eigenvalue weighted by Crippen LogP contribution is 2.32. The van der Waals surface area contributed by atoms with Crippen molar-refractivity contribution in [3.63, 3.8) is 0 Å². The van der Waals surface area contributed by atoms with Gasteiger partial charge in [-0.3, -0.25) is 15.2 Å². The minimum absolute atomic E-state index is 0.0447. The highest BCUT2D eigenvalue weighted by atomic mass is 16.5. The van der Waals surface area contributed by atoms with Gasteiger partial charge < -0.3 is 15.0 Å². The maximum absolute atomic E-state index is 12.9. The zero-order valence-corrected chi connectivity index (χ0v) is 21.9. The molecule has 3 aromatic heterocycles. The Kier molecular flexibility index (Phi) is 7.64. The van der Waals surface area contributed by atoms with Gasteiger partial charge in [0.25, 0.3) is 0 Å². The van der Waals surface area contributed by atoms with Crippen LogP contribution in [0.1, 0.15) is 44.9 Å². The Morgan fingerprint density at radius 3 is 2.58 bits per heavy atom. The van der Waals surface area contributed by atoms with Crippen LogP contribution in [0.4, 0.5) is 11.6 Å². The number of fused-ring (bicyclic) bond motifs is 1. The maximum atomic E-state index is 12.9. The molecular formula is C29H37N7O2. The van der Waals surface area contributed by atoms with Gasteiger partial charge in [0, 0.05) is 86.3 Å². The number of carbonyl (C=O) groups is 1. The van der Waals surface area contributed by atoms with E-state index in [1.807, 2.05) is 30.7 Å². The van der Waals surface area contributed by atoms with E-state index in [9.17, 15) is 4.79 Å². The second-order valence-electron chi connectivity index (χ2n) is 10.7. The van der Waals surface area contributed by atoms with Gasteiger partial charge in [0.1, 0.15) is 11.6 Å². The molecule has 0 saturated carbocycles. The number of aromatic nitrogens is 3. The van der Waals surface area contributed by atoms with Gasteiger partial charge in [-0.15, -0.1) is 0 Å². The molecule has 6 rings (SSSR count). The molecule has 3 aromatic rings. The van der Waals surface area contributed by atoms with Gasteiger partial charge in [-0.2, -0.15) is 0 Å². The minimum atomic E-state index is 0.0447. The smallest absolute Gasteiger partial charge is 0.237 e. The molecule has 0 spiro atoms. The summed E-state index contributed by atoms with van der Waals surface area (Å²) in [7, 11) is 0. The van der Waals surface area contributed by atoms with Crippen LogP contribution in [0.3, 0.4) is 0 Å². The Bertz CT molecular complexity index is 1250. The fraction of sp³-hybridized carbons (Fsp3) is 0.517. The number of nitrogens with zero attached hydrogens (tertiary/aromatic N) is 5. The number of nitrogens with one attached hydrogen (secondary N) is 2. The molecule has 0 unspecified atom stereocenters. The van der Waals surface area contributed by atoms with Crippen LogP contribution in [0.5, 0.6) is 0 Å². The molecule has 2 N–H and O–H groups in total. The standard InChI is InChI=1S/C29H37N7O2/c37-29(34-36-12-2-1-3-13-36)21-6-14-35(15-7-21)28-25-5-10-30-20-23(25)18-26(33-28)22-4-11-31-27(19-22)32-24-8-16-38-17-9-24/h4-5,10-11,18-21,24H,1-3,6-9,12-17H2,(H,31,32)(H,34,37). The summed E-state index contributed by atoms with van der Waals surface area (Å²) in [5, 5.41) is 7.82. The van der Waals surface area contributed by atoms with Crippen molar-refractivity contribution in [2.45, 2.75) is 51.0 Å². The average Bonchev–Trinajstić information content (AvgIpc) is 2.98. The van der Waals surface area contributed by atoms with Crippen LogP contribution in [0, 0.1) is 5.92 Å². The van der Waals surface area contributed by atoms with E-state index in [1.165, 1.54) is 6.42 Å². The molecule has 3 aliphatic heterocycles. The van der Waals surface area contributed by atoms with Crippen LogP contribution < -0.4 is 15.6 Å². The normalized spacial score (nSPS) is 19.9. The maximum Gasteiger partial charge on any atom is 0.237 e. The Hall–Kier alpha value is -3.30. The Labute approximate surface area is 224 Å². The van der Waals surface area contributed by atoms with Crippen molar-refractivity contribution in [2.75, 3.05) is 49.6 Å². The summed E-state index contributed by atoms with van der Waals surface area (Å²) in [5.41, 5.74) is 5.10. The predicted molar refractivity (Wildman–Crippen MR) is 149 cm³/mol. The van der Waals surface area contributed by atoms with E-state index in [-0.39, 0.29) is 11.8 Å². The molecule has 6 heterocycles. The largest absolute Gasteiger partial charge is 0.381 e. The highest BCUT2D eigenvalue weighted by Gasteiger charge is 2.28. The quantitative estimate of drug-likeness (QED) is 0.508. The lowest BCUT2D eigenvalue weighted by molar-refractivity contribution is -0.131. The third kappa shape index (κ3) is 5.73. The number of hydrazine groups is 1. The van der Waals surface area contributed by atoms with Crippen molar-refractivity contribution in [1.29, 1.82) is 0 Å². The van der Waals surface area contributed by atoms with E-state index < -0.39 is 0 Å². The second kappa shape index (κ2) is 11.6. The molecular weight excluding hydrogens is 478 g/mol. The van der Waals surface area contributed by atoms with Gasteiger partial charge in [0.05, 0.1) is 5.69 Å². The first-order valence-electron chi connectivity index (χ1n) is 14.1. The molecule has 0 atom stereocenters. The van der Waals surface area contributed by atoms with Crippen molar-refractivity contribution in [1.82, 2.24) is 25.4 Å². The second-order valence-corrected chi connectivity index (χ2v) is 10.7. The van der Waals surface area contributed by atoms with Crippen molar-refractivity contribution in [3.8, 4) is 11.3 Å². The Morgan fingerprint density at radius 2 is 1.76 bits per heavy atom. The van der Waals surface area contributed by atoms with E-state index in [0.29, 0.717) is 6.04 Å². The topological polar surface area (TPSA) is 95.5 Å². The van der Waals surface area contributed by atoms with E-state index in [4.69, 9.17) is 9.72 Å². The van der Waals surface area contributed by atoms with Crippen molar-refractivity contribution >= 4 is 28.3 Å².